The predicted molar refractivity (Wildman–Crippen MR) is 125 cm³/mol. The molecule has 3 aromatic rings. The molecule has 1 N–H and O–H groups in total. The summed E-state index contributed by atoms with van der Waals surface area (Å²) in [5.74, 6) is -0.514. The number of anilines is 2. The number of rotatable bonds is 5. The highest BCUT2D eigenvalue weighted by atomic mass is 35.5. The zero-order chi connectivity index (χ0) is 22.9. The van der Waals surface area contributed by atoms with E-state index in [1.165, 1.54) is 15.2 Å². The summed E-state index contributed by atoms with van der Waals surface area (Å²) in [4.78, 5) is 15.0. The van der Waals surface area contributed by atoms with Crippen molar-refractivity contribution in [1.82, 2.24) is 14.1 Å². The number of aryl methyl sites for hydroxylation is 2. The van der Waals surface area contributed by atoms with Gasteiger partial charge in [-0.25, -0.2) is 8.42 Å². The van der Waals surface area contributed by atoms with Crippen LogP contribution in [0.4, 0.5) is 11.4 Å². The van der Waals surface area contributed by atoms with E-state index in [-0.39, 0.29) is 23.7 Å². The molecule has 0 atom stereocenters. The number of carbonyl (C=O) groups is 1. The third-order valence-corrected chi connectivity index (χ3v) is 7.38. The van der Waals surface area contributed by atoms with Crippen LogP contribution in [0.2, 0.25) is 5.02 Å². The van der Waals surface area contributed by atoms with Gasteiger partial charge in [0, 0.05) is 55.8 Å². The first-order chi connectivity index (χ1) is 15.2. The predicted octanol–water partition coefficient (Wildman–Crippen LogP) is 3.15. The second-order valence-corrected chi connectivity index (χ2v) is 10.0. The lowest BCUT2D eigenvalue weighted by molar-refractivity contribution is 0.102. The zero-order valence-electron chi connectivity index (χ0n) is 17.8. The summed E-state index contributed by atoms with van der Waals surface area (Å²) in [7, 11) is -2.35. The fraction of sp³-hybridized carbons (Fsp3) is 0.273. The number of amides is 1. The van der Waals surface area contributed by atoms with Gasteiger partial charge in [0.15, 0.2) is 0 Å². The van der Waals surface area contributed by atoms with Crippen LogP contribution in [0.25, 0.3) is 0 Å². The van der Waals surface area contributed by atoms with Crippen molar-refractivity contribution in [2.75, 3.05) is 36.4 Å². The average molecular weight is 474 g/mol. The molecule has 1 aliphatic heterocycles. The van der Waals surface area contributed by atoms with Crippen LogP contribution in [0.3, 0.4) is 0 Å². The van der Waals surface area contributed by atoms with Crippen molar-refractivity contribution in [2.24, 2.45) is 7.05 Å². The Kier molecular flexibility index (Phi) is 6.23. The topological polar surface area (TPSA) is 87.5 Å². The summed E-state index contributed by atoms with van der Waals surface area (Å²) in [6.07, 6.45) is 1.43. The number of nitrogens with zero attached hydrogens (tertiary/aromatic N) is 4. The van der Waals surface area contributed by atoms with Crippen molar-refractivity contribution in [3.05, 3.63) is 70.9 Å². The van der Waals surface area contributed by atoms with Crippen LogP contribution < -0.4 is 10.2 Å². The van der Waals surface area contributed by atoms with E-state index in [4.69, 9.17) is 11.6 Å². The van der Waals surface area contributed by atoms with Crippen LogP contribution in [0, 0.1) is 6.92 Å². The van der Waals surface area contributed by atoms with Crippen molar-refractivity contribution >= 4 is 38.9 Å². The van der Waals surface area contributed by atoms with E-state index in [9.17, 15) is 13.2 Å². The molecule has 0 aliphatic carbocycles. The Morgan fingerprint density at radius 3 is 2.47 bits per heavy atom. The smallest absolute Gasteiger partial charge is 0.263 e. The van der Waals surface area contributed by atoms with Crippen molar-refractivity contribution in [2.45, 2.75) is 11.9 Å². The zero-order valence-corrected chi connectivity index (χ0v) is 19.4. The molecular formula is C22H24ClN5O3S. The molecule has 32 heavy (non-hydrogen) atoms. The van der Waals surface area contributed by atoms with E-state index in [0.717, 1.165) is 11.3 Å². The Labute approximate surface area is 192 Å². The fourth-order valence-electron chi connectivity index (χ4n) is 3.72. The maximum atomic E-state index is 13.4. The monoisotopic (exact) mass is 473 g/mol. The second-order valence-electron chi connectivity index (χ2n) is 7.72. The normalized spacial score (nSPS) is 15.0. The molecule has 0 radical (unpaired) electrons. The minimum absolute atomic E-state index is 0.0197. The van der Waals surface area contributed by atoms with Crippen molar-refractivity contribution in [3.63, 3.8) is 0 Å². The molecule has 1 aromatic heterocycles. The van der Waals surface area contributed by atoms with Crippen molar-refractivity contribution < 1.29 is 13.2 Å². The van der Waals surface area contributed by atoms with Crippen LogP contribution in [0.1, 0.15) is 15.9 Å². The van der Waals surface area contributed by atoms with E-state index in [1.54, 1.807) is 19.2 Å². The Bertz CT molecular complexity index is 1250. The Morgan fingerprint density at radius 2 is 1.78 bits per heavy atom. The van der Waals surface area contributed by atoms with Crippen molar-refractivity contribution in [3.8, 4) is 0 Å². The number of piperazine rings is 1. The first-order valence-electron chi connectivity index (χ1n) is 10.2. The number of aromatic nitrogens is 2. The van der Waals surface area contributed by atoms with E-state index in [1.807, 2.05) is 43.3 Å². The standard InChI is InChI=1S/C22H24ClN5O3S/c1-16-5-3-7-18(13-16)24-21(29)20-15-26(2)25-22(20)32(30,31)28-11-9-27(10-12-28)19-8-4-6-17(23)14-19/h3-8,13-15H,9-12H2,1-2H3,(H,24,29). The number of benzene rings is 2. The summed E-state index contributed by atoms with van der Waals surface area (Å²) in [5.41, 5.74) is 2.55. The first-order valence-corrected chi connectivity index (χ1v) is 12.0. The molecule has 0 saturated carbocycles. The van der Waals surface area contributed by atoms with Gasteiger partial charge in [-0.3, -0.25) is 9.48 Å². The third kappa shape index (κ3) is 4.64. The van der Waals surface area contributed by atoms with Gasteiger partial charge in [-0.1, -0.05) is 29.8 Å². The van der Waals surface area contributed by atoms with Gasteiger partial charge >= 0.3 is 0 Å². The highest BCUT2D eigenvalue weighted by molar-refractivity contribution is 7.89. The number of halogens is 1. The molecule has 8 nitrogen and oxygen atoms in total. The maximum Gasteiger partial charge on any atom is 0.263 e. The minimum Gasteiger partial charge on any atom is -0.369 e. The SMILES string of the molecule is Cc1cccc(NC(=O)c2cn(C)nc2S(=O)(=O)N2CCN(c3cccc(Cl)c3)CC2)c1. The molecule has 1 fully saturated rings. The number of hydrogen-bond acceptors (Lipinski definition) is 5. The summed E-state index contributed by atoms with van der Waals surface area (Å²) in [5, 5.41) is 7.29. The Hall–Kier alpha value is -2.88. The van der Waals surface area contributed by atoms with Crippen LogP contribution >= 0.6 is 11.6 Å². The van der Waals surface area contributed by atoms with E-state index < -0.39 is 15.9 Å². The average Bonchev–Trinajstić information content (AvgIpc) is 3.17. The fourth-order valence-corrected chi connectivity index (χ4v) is 5.45. The van der Waals surface area contributed by atoms with E-state index >= 15 is 0 Å². The molecule has 1 saturated heterocycles. The molecular weight excluding hydrogens is 450 g/mol. The number of carbonyl (C=O) groups excluding carboxylic acids is 1. The van der Waals surface area contributed by atoms with Gasteiger partial charge in [-0.2, -0.15) is 9.40 Å². The summed E-state index contributed by atoms with van der Waals surface area (Å²) >= 11 is 6.08. The molecule has 1 amide bonds. The highest BCUT2D eigenvalue weighted by Crippen LogP contribution is 2.25. The largest absolute Gasteiger partial charge is 0.369 e. The maximum absolute atomic E-state index is 13.4. The Morgan fingerprint density at radius 1 is 1.06 bits per heavy atom. The van der Waals surface area contributed by atoms with Gasteiger partial charge in [0.2, 0.25) is 5.03 Å². The summed E-state index contributed by atoms with van der Waals surface area (Å²) in [6, 6.07) is 14.8. The summed E-state index contributed by atoms with van der Waals surface area (Å²) < 4.78 is 29.4. The molecule has 0 spiro atoms. The second kappa shape index (κ2) is 8.93. The van der Waals surface area contributed by atoms with Gasteiger partial charge in [0.05, 0.1) is 5.56 Å². The van der Waals surface area contributed by atoms with Crippen molar-refractivity contribution in [1.29, 1.82) is 0 Å². The molecule has 2 aromatic carbocycles. The number of sulfonamides is 1. The van der Waals surface area contributed by atoms with E-state index in [2.05, 4.69) is 15.3 Å². The van der Waals surface area contributed by atoms with Crippen LogP contribution in [-0.4, -0.2) is 54.6 Å². The van der Waals surface area contributed by atoms with Gasteiger partial charge in [0.1, 0.15) is 0 Å². The van der Waals surface area contributed by atoms with Crippen LogP contribution in [0.15, 0.2) is 59.8 Å². The minimum atomic E-state index is -3.94. The molecule has 168 valence electrons. The van der Waals surface area contributed by atoms with Gasteiger partial charge in [-0.15, -0.1) is 0 Å². The third-order valence-electron chi connectivity index (χ3n) is 5.31. The molecule has 2 heterocycles. The molecule has 0 bridgehead atoms. The van der Waals surface area contributed by atoms with E-state index in [0.29, 0.717) is 23.8 Å². The van der Waals surface area contributed by atoms with Gasteiger partial charge in [-0.05, 0) is 42.8 Å². The molecule has 10 heteroatoms. The number of hydrogen-bond donors (Lipinski definition) is 1. The lowest BCUT2D eigenvalue weighted by Gasteiger charge is -2.35. The highest BCUT2D eigenvalue weighted by Gasteiger charge is 2.34. The number of nitrogens with one attached hydrogen (secondary N) is 1. The van der Waals surface area contributed by atoms with Crippen LogP contribution in [0.5, 0.6) is 0 Å². The lowest BCUT2D eigenvalue weighted by Crippen LogP contribution is -2.49. The molecule has 0 unspecified atom stereocenters. The molecule has 4 rings (SSSR count). The van der Waals surface area contributed by atoms with Gasteiger partial charge < -0.3 is 10.2 Å². The quantitative estimate of drug-likeness (QED) is 0.615. The first kappa shape index (κ1) is 22.3. The summed E-state index contributed by atoms with van der Waals surface area (Å²) in [6.45, 7) is 3.50. The molecule has 1 aliphatic rings. The van der Waals surface area contributed by atoms with Gasteiger partial charge in [0.25, 0.3) is 15.9 Å². The van der Waals surface area contributed by atoms with Crippen LogP contribution in [-0.2, 0) is 17.1 Å². The Balaban J connectivity index is 1.53. The lowest BCUT2D eigenvalue weighted by atomic mass is 10.2.